The predicted octanol–water partition coefficient (Wildman–Crippen LogP) is 1.33. The Hall–Kier alpha value is -0.258. The van der Waals surface area contributed by atoms with Crippen LogP contribution < -0.4 is 0 Å². The second-order valence-corrected chi connectivity index (χ2v) is 1.55. The Balaban J connectivity index is 0.000000640. The summed E-state index contributed by atoms with van der Waals surface area (Å²) in [5.41, 5.74) is 0.583. The molecule has 0 aliphatic carbocycles. The molecule has 0 aromatic carbocycles. The van der Waals surface area contributed by atoms with Gasteiger partial charge in [0.05, 0.1) is 0 Å². The Bertz CT molecular complexity index is 169. The van der Waals surface area contributed by atoms with E-state index in [1.807, 2.05) is 0 Å². The summed E-state index contributed by atoms with van der Waals surface area (Å²) in [6.07, 6.45) is 3.70. The first-order chi connectivity index (χ1) is 3.80. The van der Waals surface area contributed by atoms with Crippen molar-refractivity contribution in [2.24, 2.45) is 0 Å². The van der Waals surface area contributed by atoms with Crippen LogP contribution in [0.5, 0.6) is 0 Å². The summed E-state index contributed by atoms with van der Waals surface area (Å²) in [5.74, 6) is -0.368. The minimum absolute atomic E-state index is 0. The molecule has 3 heteroatoms. The number of hydrogen-bond acceptors (Lipinski definition) is 1. The zero-order valence-electron chi connectivity index (χ0n) is 4.86. The molecule has 0 spiro atoms. The SMILES string of the molecule is Cc1ccn[c-]c1F.[Re]. The van der Waals surface area contributed by atoms with Crippen LogP contribution in [0.2, 0.25) is 0 Å². The molecular weight excluding hydrogens is 291 g/mol. The molecule has 0 aliphatic heterocycles. The Morgan fingerprint density at radius 3 is 2.67 bits per heavy atom. The molecule has 9 heavy (non-hydrogen) atoms. The topological polar surface area (TPSA) is 12.9 Å². The molecule has 0 bridgehead atoms. The third kappa shape index (κ3) is 2.21. The molecule has 1 rings (SSSR count). The van der Waals surface area contributed by atoms with Crippen LogP contribution in [-0.2, 0) is 20.4 Å². The molecule has 0 N–H and O–H groups in total. The van der Waals surface area contributed by atoms with Crippen LogP contribution in [0.3, 0.4) is 0 Å². The molecule has 1 heterocycles. The van der Waals surface area contributed by atoms with E-state index in [-0.39, 0.29) is 26.2 Å². The smallest absolute Gasteiger partial charge is 0.0325 e. The molecule has 0 unspecified atom stereocenters. The van der Waals surface area contributed by atoms with Gasteiger partial charge in [-0.2, -0.15) is 0 Å². The van der Waals surface area contributed by atoms with E-state index in [4.69, 9.17) is 0 Å². The Morgan fingerprint density at radius 2 is 2.33 bits per heavy atom. The quantitative estimate of drug-likeness (QED) is 0.658. The van der Waals surface area contributed by atoms with Crippen molar-refractivity contribution in [1.29, 1.82) is 0 Å². The van der Waals surface area contributed by atoms with E-state index in [1.54, 1.807) is 13.0 Å². The molecule has 0 saturated heterocycles. The maximum absolute atomic E-state index is 12.2. The summed E-state index contributed by atoms with van der Waals surface area (Å²) in [5, 5.41) is 0. The molecule has 0 fully saturated rings. The first-order valence-electron chi connectivity index (χ1n) is 2.29. The summed E-state index contributed by atoms with van der Waals surface area (Å²) < 4.78 is 12.2. The number of halogens is 1. The van der Waals surface area contributed by atoms with Gasteiger partial charge in [0, 0.05) is 26.2 Å². The Kier molecular flexibility index (Phi) is 3.60. The van der Waals surface area contributed by atoms with E-state index in [0.717, 1.165) is 0 Å². The van der Waals surface area contributed by atoms with Gasteiger partial charge < -0.3 is 4.98 Å². The maximum atomic E-state index is 12.2. The van der Waals surface area contributed by atoms with Crippen molar-refractivity contribution in [3.05, 3.63) is 29.8 Å². The van der Waals surface area contributed by atoms with Crippen molar-refractivity contribution in [1.82, 2.24) is 4.98 Å². The Labute approximate surface area is 67.0 Å². The predicted molar refractivity (Wildman–Crippen MR) is 27.8 cm³/mol. The van der Waals surface area contributed by atoms with Gasteiger partial charge in [-0.15, -0.1) is 11.6 Å². The van der Waals surface area contributed by atoms with Crippen LogP contribution in [0.25, 0.3) is 0 Å². The standard InChI is InChI=1S/C6H5FN.Re/c1-5-2-3-8-4-6(5)7;/h2-3H,1H3;/q-1;. The zero-order chi connectivity index (χ0) is 5.98. The number of pyridine rings is 1. The van der Waals surface area contributed by atoms with E-state index in [1.165, 1.54) is 6.20 Å². The molecule has 0 amide bonds. The summed E-state index contributed by atoms with van der Waals surface area (Å²) in [4.78, 5) is 3.45. The van der Waals surface area contributed by atoms with E-state index in [9.17, 15) is 4.39 Å². The van der Waals surface area contributed by atoms with Crippen molar-refractivity contribution in [2.45, 2.75) is 6.92 Å². The molecule has 1 nitrogen and oxygen atoms in total. The number of hydrogen-bond donors (Lipinski definition) is 0. The number of aryl methyl sites for hydroxylation is 1. The molecule has 0 aliphatic rings. The van der Waals surface area contributed by atoms with Gasteiger partial charge >= 0.3 is 0 Å². The normalized spacial score (nSPS) is 8.22. The second-order valence-electron chi connectivity index (χ2n) is 1.55. The van der Waals surface area contributed by atoms with Crippen molar-refractivity contribution in [3.63, 3.8) is 0 Å². The average Bonchev–Trinajstić information content (AvgIpc) is 1.77. The minimum Gasteiger partial charge on any atom is -0.391 e. The minimum atomic E-state index is -0.368. The van der Waals surface area contributed by atoms with Gasteiger partial charge in [-0.3, -0.25) is 0 Å². The molecule has 1 aromatic rings. The second kappa shape index (κ2) is 3.71. The molecule has 1 radical (unpaired) electrons. The molecular formula is C6H5FNRe-. The molecule has 49 valence electrons. The van der Waals surface area contributed by atoms with E-state index in [2.05, 4.69) is 11.2 Å². The van der Waals surface area contributed by atoms with Crippen LogP contribution in [0.15, 0.2) is 12.3 Å². The number of rotatable bonds is 0. The van der Waals surface area contributed by atoms with E-state index < -0.39 is 0 Å². The van der Waals surface area contributed by atoms with Gasteiger partial charge in [-0.25, -0.2) is 4.39 Å². The fraction of sp³-hybridized carbons (Fsp3) is 0.167. The third-order valence-corrected chi connectivity index (χ3v) is 0.908. The number of aromatic nitrogens is 1. The first-order valence-corrected chi connectivity index (χ1v) is 2.29. The van der Waals surface area contributed by atoms with Crippen LogP contribution in [-0.4, -0.2) is 4.98 Å². The van der Waals surface area contributed by atoms with Gasteiger partial charge in [0.15, 0.2) is 0 Å². The fourth-order valence-electron chi connectivity index (χ4n) is 0.404. The summed E-state index contributed by atoms with van der Waals surface area (Å²) >= 11 is 0. The van der Waals surface area contributed by atoms with Crippen LogP contribution >= 0.6 is 0 Å². The first kappa shape index (κ1) is 8.74. The fourth-order valence-corrected chi connectivity index (χ4v) is 0.404. The van der Waals surface area contributed by atoms with Gasteiger partial charge in [-0.1, -0.05) is 13.1 Å². The molecule has 0 atom stereocenters. The van der Waals surface area contributed by atoms with E-state index >= 15 is 0 Å². The Morgan fingerprint density at radius 1 is 1.67 bits per heavy atom. The van der Waals surface area contributed by atoms with Crippen LogP contribution in [0.1, 0.15) is 5.56 Å². The van der Waals surface area contributed by atoms with Crippen molar-refractivity contribution in [3.8, 4) is 0 Å². The zero-order valence-corrected chi connectivity index (χ0v) is 7.57. The van der Waals surface area contributed by atoms with E-state index in [0.29, 0.717) is 5.56 Å². The summed E-state index contributed by atoms with van der Waals surface area (Å²) in [7, 11) is 0. The van der Waals surface area contributed by atoms with Crippen molar-refractivity contribution < 1.29 is 24.8 Å². The van der Waals surface area contributed by atoms with Crippen LogP contribution in [0.4, 0.5) is 4.39 Å². The van der Waals surface area contributed by atoms with Gasteiger partial charge in [0.1, 0.15) is 0 Å². The van der Waals surface area contributed by atoms with Gasteiger partial charge in [0.2, 0.25) is 0 Å². The van der Waals surface area contributed by atoms with Crippen molar-refractivity contribution >= 4 is 0 Å². The van der Waals surface area contributed by atoms with Gasteiger partial charge in [0.25, 0.3) is 0 Å². The van der Waals surface area contributed by atoms with Gasteiger partial charge in [-0.05, 0) is 6.20 Å². The largest absolute Gasteiger partial charge is 0.391 e. The average molecular weight is 296 g/mol. The summed E-state index contributed by atoms with van der Waals surface area (Å²) in [6, 6.07) is 1.60. The molecule has 1 aromatic heterocycles. The summed E-state index contributed by atoms with van der Waals surface area (Å²) in [6.45, 7) is 1.67. The molecule has 0 saturated carbocycles. The number of nitrogens with zero attached hydrogens (tertiary/aromatic N) is 1. The third-order valence-electron chi connectivity index (χ3n) is 0.908. The van der Waals surface area contributed by atoms with Crippen molar-refractivity contribution in [2.75, 3.05) is 0 Å². The maximum Gasteiger partial charge on any atom is 0.0325 e. The van der Waals surface area contributed by atoms with Crippen LogP contribution in [0, 0.1) is 18.9 Å². The monoisotopic (exact) mass is 297 g/mol.